The first-order valence-electron chi connectivity index (χ1n) is 7.32. The molecule has 6 heteroatoms. The van der Waals surface area contributed by atoms with Crippen molar-refractivity contribution in [2.75, 3.05) is 0 Å². The maximum absolute atomic E-state index is 12.9. The summed E-state index contributed by atoms with van der Waals surface area (Å²) in [5, 5.41) is 0.334. The summed E-state index contributed by atoms with van der Waals surface area (Å²) < 4.78 is 27.9. The monoisotopic (exact) mass is 341 g/mol. The van der Waals surface area contributed by atoms with E-state index in [1.54, 1.807) is 23.9 Å². The van der Waals surface area contributed by atoms with Crippen molar-refractivity contribution in [3.05, 3.63) is 29.8 Å². The van der Waals surface area contributed by atoms with E-state index in [-0.39, 0.29) is 6.04 Å². The third-order valence-electron chi connectivity index (χ3n) is 4.23. The molecule has 0 aromatic heterocycles. The molecular formula is C15H19NO2S3. The van der Waals surface area contributed by atoms with E-state index in [0.717, 1.165) is 24.8 Å². The van der Waals surface area contributed by atoms with E-state index in [2.05, 4.69) is 0 Å². The molecule has 1 aliphatic heterocycles. The normalized spacial score (nSPS) is 26.5. The van der Waals surface area contributed by atoms with Crippen LogP contribution < -0.4 is 0 Å². The second-order valence-electron chi connectivity index (χ2n) is 5.74. The fraction of sp³-hybridized carbons (Fsp3) is 0.533. The maximum Gasteiger partial charge on any atom is 0.265 e. The number of thiocarbonyl (C=S) groups is 1. The molecule has 1 aromatic carbocycles. The highest BCUT2D eigenvalue weighted by atomic mass is 32.2. The quantitative estimate of drug-likeness (QED) is 0.768. The Bertz CT molecular complexity index is 639. The highest BCUT2D eigenvalue weighted by Gasteiger charge is 2.45. The van der Waals surface area contributed by atoms with Gasteiger partial charge in [-0.3, -0.25) is 0 Å². The Balaban J connectivity index is 1.97. The molecule has 0 radical (unpaired) electrons. The van der Waals surface area contributed by atoms with Crippen molar-refractivity contribution in [3.8, 4) is 0 Å². The van der Waals surface area contributed by atoms with Crippen molar-refractivity contribution in [2.45, 2.75) is 55.2 Å². The van der Waals surface area contributed by atoms with Crippen molar-refractivity contribution in [1.29, 1.82) is 0 Å². The summed E-state index contributed by atoms with van der Waals surface area (Å²) in [6.45, 7) is 1.95. The molecule has 1 aliphatic carbocycles. The van der Waals surface area contributed by atoms with Crippen LogP contribution in [-0.4, -0.2) is 28.3 Å². The highest BCUT2D eigenvalue weighted by molar-refractivity contribution is 8.24. The van der Waals surface area contributed by atoms with Gasteiger partial charge in [-0.15, -0.1) is 0 Å². The molecule has 0 N–H and O–H groups in total. The summed E-state index contributed by atoms with van der Waals surface area (Å²) in [6.07, 6.45) is 5.44. The zero-order valence-corrected chi connectivity index (χ0v) is 14.4. The number of hydrogen-bond donors (Lipinski definition) is 0. The van der Waals surface area contributed by atoms with Crippen LogP contribution in [0.2, 0.25) is 0 Å². The average Bonchev–Trinajstić information content (AvgIpc) is 2.60. The zero-order chi connectivity index (χ0) is 15.0. The summed E-state index contributed by atoms with van der Waals surface area (Å²) in [5.41, 5.74) is 1.06. The van der Waals surface area contributed by atoms with Crippen LogP contribution in [0.25, 0.3) is 0 Å². The second kappa shape index (κ2) is 5.89. The van der Waals surface area contributed by atoms with E-state index in [9.17, 15) is 8.42 Å². The van der Waals surface area contributed by atoms with E-state index in [1.807, 2.05) is 19.1 Å². The fourth-order valence-electron chi connectivity index (χ4n) is 3.08. The van der Waals surface area contributed by atoms with Gasteiger partial charge in [0.25, 0.3) is 10.0 Å². The molecule has 114 valence electrons. The smallest absolute Gasteiger partial charge is 0.246 e. The van der Waals surface area contributed by atoms with Crippen LogP contribution in [0.15, 0.2) is 29.2 Å². The van der Waals surface area contributed by atoms with Gasteiger partial charge in [-0.1, -0.05) is 60.9 Å². The van der Waals surface area contributed by atoms with Crippen LogP contribution in [0.1, 0.15) is 37.7 Å². The fourth-order valence-corrected chi connectivity index (χ4v) is 7.09. The lowest BCUT2D eigenvalue weighted by Crippen LogP contribution is -2.40. The van der Waals surface area contributed by atoms with Gasteiger partial charge in [-0.05, 0) is 31.9 Å². The third kappa shape index (κ3) is 2.85. The lowest BCUT2D eigenvalue weighted by molar-refractivity contribution is 0.414. The van der Waals surface area contributed by atoms with Gasteiger partial charge in [0.05, 0.1) is 10.9 Å². The number of thioether (sulfide) groups is 1. The summed E-state index contributed by atoms with van der Waals surface area (Å²) in [7, 11) is -3.52. The summed E-state index contributed by atoms with van der Waals surface area (Å²) in [4.78, 5) is 0.348. The minimum atomic E-state index is -3.52. The molecule has 0 unspecified atom stereocenters. The Kier molecular flexibility index (Phi) is 4.30. The molecule has 0 bridgehead atoms. The van der Waals surface area contributed by atoms with E-state index in [1.165, 1.54) is 17.1 Å². The first-order valence-corrected chi connectivity index (χ1v) is 10.0. The largest absolute Gasteiger partial charge is 0.265 e. The van der Waals surface area contributed by atoms with Crippen LogP contribution in [0, 0.1) is 6.92 Å². The Morgan fingerprint density at radius 1 is 1.14 bits per heavy atom. The Morgan fingerprint density at radius 3 is 2.52 bits per heavy atom. The second-order valence-corrected chi connectivity index (χ2v) is 9.43. The molecular weight excluding hydrogens is 322 g/mol. The maximum atomic E-state index is 12.9. The number of sulfonamides is 1. The SMILES string of the molecule is Cc1ccc(S(=O)(=O)N2C(=S)S[C@@H]3CCCCC[C@H]32)cc1. The molecule has 2 atom stereocenters. The predicted octanol–water partition coefficient (Wildman–Crippen LogP) is 3.72. The van der Waals surface area contributed by atoms with Gasteiger partial charge in [0.1, 0.15) is 0 Å². The standard InChI is InChI=1S/C15H19NO2S3/c1-11-7-9-12(10-8-11)21(17,18)16-13-5-3-2-4-6-14(13)20-15(16)19/h7-10,13-14H,2-6H2,1H3/t13-,14-/m1/s1. The number of nitrogens with zero attached hydrogens (tertiary/aromatic N) is 1. The van der Waals surface area contributed by atoms with Crippen molar-refractivity contribution in [2.24, 2.45) is 0 Å². The first kappa shape index (κ1) is 15.3. The Morgan fingerprint density at radius 2 is 1.81 bits per heavy atom. The van der Waals surface area contributed by atoms with E-state index >= 15 is 0 Å². The summed E-state index contributed by atoms with van der Waals surface area (Å²) in [5.74, 6) is 0. The molecule has 0 amide bonds. The Labute approximate surface area is 136 Å². The van der Waals surface area contributed by atoms with Crippen LogP contribution in [0.3, 0.4) is 0 Å². The van der Waals surface area contributed by atoms with Crippen LogP contribution in [-0.2, 0) is 10.0 Å². The van der Waals surface area contributed by atoms with Crippen LogP contribution >= 0.6 is 24.0 Å². The van der Waals surface area contributed by atoms with Gasteiger partial charge < -0.3 is 0 Å². The molecule has 1 aromatic rings. The number of fused-ring (bicyclic) bond motifs is 1. The lowest BCUT2D eigenvalue weighted by atomic mass is 10.1. The summed E-state index contributed by atoms with van der Waals surface area (Å²) in [6, 6.07) is 7.08. The number of aryl methyl sites for hydroxylation is 1. The first-order chi connectivity index (χ1) is 10.00. The minimum Gasteiger partial charge on any atom is -0.246 e. The molecule has 1 heterocycles. The molecule has 3 nitrogen and oxygen atoms in total. The Hall–Kier alpha value is -0.590. The molecule has 1 saturated heterocycles. The topological polar surface area (TPSA) is 37.4 Å². The number of rotatable bonds is 2. The highest BCUT2D eigenvalue weighted by Crippen LogP contribution is 2.42. The van der Waals surface area contributed by atoms with Gasteiger partial charge in [-0.25, -0.2) is 12.7 Å². The van der Waals surface area contributed by atoms with Crippen molar-refractivity contribution < 1.29 is 8.42 Å². The third-order valence-corrected chi connectivity index (χ3v) is 8.04. The van der Waals surface area contributed by atoms with Crippen LogP contribution in [0.4, 0.5) is 0 Å². The van der Waals surface area contributed by atoms with Crippen molar-refractivity contribution >= 4 is 38.3 Å². The lowest BCUT2D eigenvalue weighted by Gasteiger charge is -2.26. The van der Waals surface area contributed by atoms with E-state index in [4.69, 9.17) is 12.2 Å². The van der Waals surface area contributed by atoms with Gasteiger partial charge in [-0.2, -0.15) is 0 Å². The average molecular weight is 342 g/mol. The van der Waals surface area contributed by atoms with Crippen molar-refractivity contribution in [1.82, 2.24) is 4.31 Å². The minimum absolute atomic E-state index is 0.0382. The predicted molar refractivity (Wildman–Crippen MR) is 91.1 cm³/mol. The molecule has 1 saturated carbocycles. The molecule has 3 rings (SSSR count). The number of benzene rings is 1. The number of hydrogen-bond acceptors (Lipinski definition) is 4. The van der Waals surface area contributed by atoms with E-state index < -0.39 is 10.0 Å². The van der Waals surface area contributed by atoms with Crippen molar-refractivity contribution in [3.63, 3.8) is 0 Å². The van der Waals surface area contributed by atoms with Gasteiger partial charge >= 0.3 is 0 Å². The molecule has 21 heavy (non-hydrogen) atoms. The van der Waals surface area contributed by atoms with Gasteiger partial charge in [0.2, 0.25) is 0 Å². The molecule has 2 fully saturated rings. The summed E-state index contributed by atoms with van der Waals surface area (Å²) >= 11 is 6.96. The van der Waals surface area contributed by atoms with Gasteiger partial charge in [0, 0.05) is 5.25 Å². The van der Waals surface area contributed by atoms with Gasteiger partial charge in [0.15, 0.2) is 4.32 Å². The molecule has 0 spiro atoms. The van der Waals surface area contributed by atoms with Crippen LogP contribution in [0.5, 0.6) is 0 Å². The zero-order valence-electron chi connectivity index (χ0n) is 12.0. The molecule has 2 aliphatic rings. The van der Waals surface area contributed by atoms with E-state index in [0.29, 0.717) is 14.5 Å².